The molecule has 0 unspecified atom stereocenters. The fraction of sp³-hybridized carbons (Fsp3) is 0.467. The Morgan fingerprint density at radius 3 is 2.55 bits per heavy atom. The third-order valence-corrected chi connectivity index (χ3v) is 4.18. The van der Waals surface area contributed by atoms with Gasteiger partial charge in [0.2, 0.25) is 11.7 Å². The first-order valence-electron chi connectivity index (χ1n) is 7.02. The zero-order valence-electron chi connectivity index (χ0n) is 11.3. The van der Waals surface area contributed by atoms with Gasteiger partial charge in [-0.2, -0.15) is 4.98 Å². The molecule has 106 valence electrons. The summed E-state index contributed by atoms with van der Waals surface area (Å²) in [5, 5.41) is 4.72. The topological polar surface area (TPSA) is 64.9 Å². The van der Waals surface area contributed by atoms with Crippen LogP contribution >= 0.6 is 11.6 Å². The van der Waals surface area contributed by atoms with E-state index in [1.54, 1.807) is 0 Å². The summed E-state index contributed by atoms with van der Waals surface area (Å²) in [7, 11) is 0. The lowest BCUT2D eigenvalue weighted by atomic mass is 9.80. The smallest absolute Gasteiger partial charge is 0.228 e. The van der Waals surface area contributed by atoms with Crippen LogP contribution in [0.1, 0.15) is 38.0 Å². The molecule has 1 saturated carbocycles. The quantitative estimate of drug-likeness (QED) is 0.938. The first-order valence-corrected chi connectivity index (χ1v) is 7.40. The van der Waals surface area contributed by atoms with Crippen molar-refractivity contribution in [1.29, 1.82) is 0 Å². The largest absolute Gasteiger partial charge is 0.339 e. The maximum atomic E-state index is 6.41. The van der Waals surface area contributed by atoms with E-state index in [0.29, 0.717) is 23.2 Å². The van der Waals surface area contributed by atoms with Crippen LogP contribution in [-0.4, -0.2) is 15.7 Å². The Balaban J connectivity index is 1.75. The van der Waals surface area contributed by atoms with E-state index in [-0.39, 0.29) is 5.54 Å². The molecule has 0 aliphatic heterocycles. The summed E-state index contributed by atoms with van der Waals surface area (Å²) in [6.45, 7) is 0. The fourth-order valence-electron chi connectivity index (χ4n) is 2.78. The van der Waals surface area contributed by atoms with Gasteiger partial charge in [-0.3, -0.25) is 0 Å². The normalized spacial score (nSPS) is 18.1. The monoisotopic (exact) mass is 291 g/mol. The Hall–Kier alpha value is -1.39. The van der Waals surface area contributed by atoms with E-state index in [9.17, 15) is 0 Å². The predicted octanol–water partition coefficient (Wildman–Crippen LogP) is 3.59. The lowest BCUT2D eigenvalue weighted by molar-refractivity contribution is 0.261. The van der Waals surface area contributed by atoms with Crippen molar-refractivity contribution < 1.29 is 4.52 Å². The third-order valence-electron chi connectivity index (χ3n) is 3.92. The van der Waals surface area contributed by atoms with Crippen molar-refractivity contribution in [2.45, 2.75) is 44.1 Å². The van der Waals surface area contributed by atoms with Gasteiger partial charge in [-0.25, -0.2) is 0 Å². The molecule has 20 heavy (non-hydrogen) atoms. The Morgan fingerprint density at radius 1 is 1.15 bits per heavy atom. The number of nitrogens with zero attached hydrogens (tertiary/aromatic N) is 2. The SMILES string of the molecule is NC1(Cc2nc(-c3ccc(Cl)cc3)no2)CCCCC1. The first kappa shape index (κ1) is 13.6. The summed E-state index contributed by atoms with van der Waals surface area (Å²) in [4.78, 5) is 4.45. The van der Waals surface area contributed by atoms with E-state index in [2.05, 4.69) is 10.1 Å². The van der Waals surface area contributed by atoms with Gasteiger partial charge in [0, 0.05) is 22.5 Å². The summed E-state index contributed by atoms with van der Waals surface area (Å²) in [6, 6.07) is 7.41. The van der Waals surface area contributed by atoms with Gasteiger partial charge in [-0.05, 0) is 37.1 Å². The highest BCUT2D eigenvalue weighted by Crippen LogP contribution is 2.29. The van der Waals surface area contributed by atoms with Gasteiger partial charge in [0.25, 0.3) is 0 Å². The van der Waals surface area contributed by atoms with Crippen molar-refractivity contribution in [3.8, 4) is 11.4 Å². The second-order valence-corrected chi connectivity index (χ2v) is 6.05. The van der Waals surface area contributed by atoms with Crippen LogP contribution in [0.2, 0.25) is 5.02 Å². The van der Waals surface area contributed by atoms with Crippen LogP contribution < -0.4 is 5.73 Å². The first-order chi connectivity index (χ1) is 9.65. The zero-order chi connectivity index (χ0) is 14.0. The van der Waals surface area contributed by atoms with Gasteiger partial charge in [-0.1, -0.05) is 36.0 Å². The van der Waals surface area contributed by atoms with Crippen molar-refractivity contribution in [1.82, 2.24) is 10.1 Å². The molecule has 1 aromatic carbocycles. The fourth-order valence-corrected chi connectivity index (χ4v) is 2.90. The molecule has 4 nitrogen and oxygen atoms in total. The Morgan fingerprint density at radius 2 is 1.85 bits per heavy atom. The second kappa shape index (κ2) is 5.54. The van der Waals surface area contributed by atoms with Gasteiger partial charge in [-0.15, -0.1) is 0 Å². The van der Waals surface area contributed by atoms with Gasteiger partial charge >= 0.3 is 0 Å². The molecule has 1 fully saturated rings. The van der Waals surface area contributed by atoms with Crippen LogP contribution in [0.4, 0.5) is 0 Å². The average Bonchev–Trinajstić information content (AvgIpc) is 2.88. The molecule has 0 atom stereocenters. The maximum absolute atomic E-state index is 6.41. The minimum Gasteiger partial charge on any atom is -0.339 e. The van der Waals surface area contributed by atoms with E-state index >= 15 is 0 Å². The highest BCUT2D eigenvalue weighted by molar-refractivity contribution is 6.30. The number of halogens is 1. The van der Waals surface area contributed by atoms with Crippen LogP contribution in [-0.2, 0) is 6.42 Å². The van der Waals surface area contributed by atoms with Crippen molar-refractivity contribution in [3.63, 3.8) is 0 Å². The molecular weight excluding hydrogens is 274 g/mol. The van der Waals surface area contributed by atoms with Crippen molar-refractivity contribution in [2.24, 2.45) is 5.73 Å². The van der Waals surface area contributed by atoms with Crippen LogP contribution in [0.5, 0.6) is 0 Å². The summed E-state index contributed by atoms with van der Waals surface area (Å²) >= 11 is 5.87. The van der Waals surface area contributed by atoms with Gasteiger partial charge in [0.15, 0.2) is 0 Å². The standard InChI is InChI=1S/C15H18ClN3O/c16-12-6-4-11(5-7-12)14-18-13(20-19-14)10-15(17)8-2-1-3-9-15/h4-7H,1-3,8-10,17H2. The van der Waals surface area contributed by atoms with Gasteiger partial charge in [0.1, 0.15) is 0 Å². The molecule has 1 aliphatic rings. The Labute approximate surface area is 123 Å². The molecule has 0 spiro atoms. The highest BCUT2D eigenvalue weighted by atomic mass is 35.5. The molecule has 2 N–H and O–H groups in total. The molecule has 0 bridgehead atoms. The summed E-state index contributed by atoms with van der Waals surface area (Å²) in [6.07, 6.45) is 6.38. The zero-order valence-corrected chi connectivity index (χ0v) is 12.1. The Bertz CT molecular complexity index is 573. The van der Waals surface area contributed by atoms with Crippen LogP contribution in [0.25, 0.3) is 11.4 Å². The lowest BCUT2D eigenvalue weighted by Crippen LogP contribution is -2.43. The molecule has 1 aromatic heterocycles. The molecule has 5 heteroatoms. The number of nitrogens with two attached hydrogens (primary N) is 1. The second-order valence-electron chi connectivity index (χ2n) is 5.62. The van der Waals surface area contributed by atoms with Crippen molar-refractivity contribution >= 4 is 11.6 Å². The summed E-state index contributed by atoms with van der Waals surface area (Å²) < 4.78 is 5.34. The van der Waals surface area contributed by atoms with Crippen LogP contribution in [0.15, 0.2) is 28.8 Å². The number of aromatic nitrogens is 2. The highest BCUT2D eigenvalue weighted by Gasteiger charge is 2.30. The van der Waals surface area contributed by atoms with E-state index in [1.165, 1.54) is 19.3 Å². The van der Waals surface area contributed by atoms with E-state index in [1.807, 2.05) is 24.3 Å². The number of hydrogen-bond donors (Lipinski definition) is 1. The molecular formula is C15H18ClN3O. The Kier molecular flexibility index (Phi) is 3.76. The number of rotatable bonds is 3. The molecule has 1 heterocycles. The molecule has 1 aliphatic carbocycles. The van der Waals surface area contributed by atoms with E-state index < -0.39 is 0 Å². The average molecular weight is 292 g/mol. The van der Waals surface area contributed by atoms with Crippen molar-refractivity contribution in [3.05, 3.63) is 35.2 Å². The van der Waals surface area contributed by atoms with Crippen LogP contribution in [0.3, 0.4) is 0 Å². The van der Waals surface area contributed by atoms with E-state index in [4.69, 9.17) is 21.9 Å². The lowest BCUT2D eigenvalue weighted by Gasteiger charge is -2.31. The minimum absolute atomic E-state index is 0.179. The van der Waals surface area contributed by atoms with E-state index in [0.717, 1.165) is 18.4 Å². The van der Waals surface area contributed by atoms with Crippen LogP contribution in [0, 0.1) is 0 Å². The summed E-state index contributed by atoms with van der Waals surface area (Å²) in [5.74, 6) is 1.22. The maximum Gasteiger partial charge on any atom is 0.228 e. The molecule has 2 aromatic rings. The van der Waals surface area contributed by atoms with Gasteiger partial charge in [0.05, 0.1) is 0 Å². The van der Waals surface area contributed by atoms with Crippen molar-refractivity contribution in [2.75, 3.05) is 0 Å². The summed E-state index contributed by atoms with van der Waals surface area (Å²) in [5.41, 5.74) is 7.14. The molecule has 0 saturated heterocycles. The molecule has 3 rings (SSSR count). The third kappa shape index (κ3) is 3.02. The number of hydrogen-bond acceptors (Lipinski definition) is 4. The predicted molar refractivity (Wildman–Crippen MR) is 78.5 cm³/mol. The minimum atomic E-state index is -0.179. The molecule has 0 radical (unpaired) electrons. The number of benzene rings is 1. The van der Waals surface area contributed by atoms with Gasteiger partial charge < -0.3 is 10.3 Å². The molecule has 0 amide bonds.